The van der Waals surface area contributed by atoms with Crippen molar-refractivity contribution < 1.29 is 23.5 Å². The molecule has 3 amide bonds. The Kier molecular flexibility index (Phi) is 6.37. The van der Waals surface area contributed by atoms with Gasteiger partial charge in [0.25, 0.3) is 17.7 Å². The first kappa shape index (κ1) is 22.7. The molecule has 0 fully saturated rings. The van der Waals surface area contributed by atoms with E-state index in [0.717, 1.165) is 4.90 Å². The Bertz CT molecular complexity index is 1310. The summed E-state index contributed by atoms with van der Waals surface area (Å²) in [4.78, 5) is 38.6. The molecule has 0 saturated carbocycles. The van der Waals surface area contributed by atoms with Crippen LogP contribution in [-0.4, -0.2) is 35.8 Å². The van der Waals surface area contributed by atoms with Crippen molar-refractivity contribution in [3.05, 3.63) is 99.9 Å². The lowest BCUT2D eigenvalue weighted by atomic mass is 10.1. The molecular weight excluding hydrogens is 437 g/mol. The molecule has 1 aliphatic rings. The van der Waals surface area contributed by atoms with Gasteiger partial charge in [-0.15, -0.1) is 0 Å². The predicted molar refractivity (Wildman–Crippen MR) is 121 cm³/mol. The van der Waals surface area contributed by atoms with Crippen LogP contribution in [0.5, 0.6) is 5.75 Å². The van der Waals surface area contributed by atoms with Crippen LogP contribution in [0.1, 0.15) is 47.8 Å². The molecule has 8 heteroatoms. The predicted octanol–water partition coefficient (Wildman–Crippen LogP) is 3.61. The number of nitrogens with one attached hydrogen (secondary N) is 1. The van der Waals surface area contributed by atoms with Crippen LogP contribution < -0.4 is 10.1 Å². The lowest BCUT2D eigenvalue weighted by molar-refractivity contribution is 0.0630. The van der Waals surface area contributed by atoms with Gasteiger partial charge in [-0.05, 0) is 55.0 Å². The molecule has 0 saturated heterocycles. The van der Waals surface area contributed by atoms with E-state index >= 15 is 0 Å². The van der Waals surface area contributed by atoms with Gasteiger partial charge in [-0.3, -0.25) is 19.3 Å². The smallest absolute Gasteiger partial charge is 0.261 e. The molecule has 0 atom stereocenters. The first-order valence-corrected chi connectivity index (χ1v) is 10.5. The standard InChI is InChI=1S/C26H20FN3O4/c1-16-12-18(8-9-22(16)27)24(31)29-15-19-7-6-17(14-28)13-23(19)34-11-10-30-25(32)20-4-2-3-5-21(20)26(30)33/h2-9,12-13H,10-11,15H2,1H3,(H,29,31). The molecule has 0 spiro atoms. The normalized spacial score (nSPS) is 12.3. The topological polar surface area (TPSA) is 99.5 Å². The molecule has 7 nitrogen and oxygen atoms in total. The first-order valence-electron chi connectivity index (χ1n) is 10.5. The number of imide groups is 1. The summed E-state index contributed by atoms with van der Waals surface area (Å²) in [7, 11) is 0. The fourth-order valence-electron chi connectivity index (χ4n) is 3.66. The molecule has 3 aromatic carbocycles. The molecule has 4 rings (SSSR count). The SMILES string of the molecule is Cc1cc(C(=O)NCc2ccc(C#N)cc2OCCN2C(=O)c3ccccc3C2=O)ccc1F. The van der Waals surface area contributed by atoms with Gasteiger partial charge in [0.2, 0.25) is 0 Å². The quantitative estimate of drug-likeness (QED) is 0.547. The lowest BCUT2D eigenvalue weighted by Crippen LogP contribution is -2.33. The highest BCUT2D eigenvalue weighted by Crippen LogP contribution is 2.24. The minimum Gasteiger partial charge on any atom is -0.491 e. The second-order valence-corrected chi connectivity index (χ2v) is 7.74. The van der Waals surface area contributed by atoms with Crippen LogP contribution in [0.15, 0.2) is 60.7 Å². The highest BCUT2D eigenvalue weighted by atomic mass is 19.1. The summed E-state index contributed by atoms with van der Waals surface area (Å²) >= 11 is 0. The number of hydrogen-bond acceptors (Lipinski definition) is 5. The minimum absolute atomic E-state index is 0.0124. The molecule has 1 N–H and O–H groups in total. The van der Waals surface area contributed by atoms with Crippen LogP contribution in [0.3, 0.4) is 0 Å². The number of benzene rings is 3. The number of amides is 3. The summed E-state index contributed by atoms with van der Waals surface area (Å²) in [6.07, 6.45) is 0. The Morgan fingerprint density at radius 1 is 1.06 bits per heavy atom. The van der Waals surface area contributed by atoms with Gasteiger partial charge in [-0.25, -0.2) is 4.39 Å². The zero-order valence-corrected chi connectivity index (χ0v) is 18.3. The van der Waals surface area contributed by atoms with Crippen LogP contribution in [0.2, 0.25) is 0 Å². The lowest BCUT2D eigenvalue weighted by Gasteiger charge is -2.16. The molecule has 1 aliphatic heterocycles. The van der Waals surface area contributed by atoms with Crippen molar-refractivity contribution in [1.29, 1.82) is 5.26 Å². The Balaban J connectivity index is 1.42. The number of nitrogens with zero attached hydrogens (tertiary/aromatic N) is 2. The largest absolute Gasteiger partial charge is 0.491 e. The molecule has 0 aliphatic carbocycles. The third kappa shape index (κ3) is 4.50. The van der Waals surface area contributed by atoms with Gasteiger partial charge < -0.3 is 10.1 Å². The Hall–Kier alpha value is -4.51. The number of carbonyl (C=O) groups is 3. The molecule has 0 unspecified atom stereocenters. The molecule has 0 aromatic heterocycles. The van der Waals surface area contributed by atoms with Gasteiger partial charge in [0.05, 0.1) is 29.3 Å². The van der Waals surface area contributed by atoms with E-state index in [1.807, 2.05) is 6.07 Å². The summed E-state index contributed by atoms with van der Waals surface area (Å²) < 4.78 is 19.3. The van der Waals surface area contributed by atoms with Gasteiger partial charge in [0, 0.05) is 17.7 Å². The van der Waals surface area contributed by atoms with E-state index in [1.165, 1.54) is 24.3 Å². The number of nitriles is 1. The van der Waals surface area contributed by atoms with Crippen molar-refractivity contribution in [2.24, 2.45) is 0 Å². The number of hydrogen-bond donors (Lipinski definition) is 1. The van der Waals surface area contributed by atoms with Crippen molar-refractivity contribution >= 4 is 17.7 Å². The zero-order chi connectivity index (χ0) is 24.2. The van der Waals surface area contributed by atoms with Crippen molar-refractivity contribution in [3.8, 4) is 11.8 Å². The number of carbonyl (C=O) groups excluding carboxylic acids is 3. The Labute approximate surface area is 195 Å². The number of halogens is 1. The maximum Gasteiger partial charge on any atom is 0.261 e. The summed E-state index contributed by atoms with van der Waals surface area (Å²) in [6.45, 7) is 1.72. The van der Waals surface area contributed by atoms with E-state index in [-0.39, 0.29) is 37.4 Å². The number of rotatable bonds is 7. The highest BCUT2D eigenvalue weighted by Gasteiger charge is 2.34. The van der Waals surface area contributed by atoms with Crippen molar-refractivity contribution in [1.82, 2.24) is 10.2 Å². The van der Waals surface area contributed by atoms with Crippen molar-refractivity contribution in [3.63, 3.8) is 0 Å². The third-order valence-corrected chi connectivity index (χ3v) is 5.51. The van der Waals surface area contributed by atoms with Gasteiger partial charge >= 0.3 is 0 Å². The number of ether oxygens (including phenoxy) is 1. The summed E-state index contributed by atoms with van der Waals surface area (Å²) in [6, 6.07) is 17.5. The molecule has 34 heavy (non-hydrogen) atoms. The van der Waals surface area contributed by atoms with Crippen molar-refractivity contribution in [2.45, 2.75) is 13.5 Å². The maximum absolute atomic E-state index is 13.5. The van der Waals surface area contributed by atoms with Gasteiger partial charge in [-0.1, -0.05) is 18.2 Å². The van der Waals surface area contributed by atoms with Crippen LogP contribution in [-0.2, 0) is 6.54 Å². The Morgan fingerprint density at radius 2 is 1.76 bits per heavy atom. The van der Waals surface area contributed by atoms with Crippen LogP contribution in [0, 0.1) is 24.1 Å². The number of aryl methyl sites for hydroxylation is 1. The van der Waals surface area contributed by atoms with Crippen LogP contribution in [0.25, 0.3) is 0 Å². The average Bonchev–Trinajstić information content (AvgIpc) is 3.09. The fourth-order valence-corrected chi connectivity index (χ4v) is 3.66. The van der Waals surface area contributed by atoms with Gasteiger partial charge in [0.1, 0.15) is 18.2 Å². The molecule has 0 radical (unpaired) electrons. The highest BCUT2D eigenvalue weighted by molar-refractivity contribution is 6.21. The monoisotopic (exact) mass is 457 g/mol. The third-order valence-electron chi connectivity index (χ3n) is 5.51. The molecule has 1 heterocycles. The maximum atomic E-state index is 13.5. The Morgan fingerprint density at radius 3 is 2.41 bits per heavy atom. The van der Waals surface area contributed by atoms with E-state index in [0.29, 0.717) is 39.1 Å². The molecular formula is C26H20FN3O4. The van der Waals surface area contributed by atoms with Crippen molar-refractivity contribution in [2.75, 3.05) is 13.2 Å². The zero-order valence-electron chi connectivity index (χ0n) is 18.3. The molecule has 3 aromatic rings. The van der Waals surface area contributed by atoms with E-state index in [4.69, 9.17) is 4.74 Å². The average molecular weight is 457 g/mol. The van der Waals surface area contributed by atoms with Crippen LogP contribution >= 0.6 is 0 Å². The summed E-state index contributed by atoms with van der Waals surface area (Å²) in [5.74, 6) is -1.18. The first-order chi connectivity index (χ1) is 16.4. The fraction of sp³-hybridized carbons (Fsp3) is 0.154. The van der Waals surface area contributed by atoms with E-state index in [9.17, 15) is 24.0 Å². The van der Waals surface area contributed by atoms with Crippen LogP contribution in [0.4, 0.5) is 4.39 Å². The van der Waals surface area contributed by atoms with Gasteiger partial charge in [0.15, 0.2) is 0 Å². The summed E-state index contributed by atoms with van der Waals surface area (Å²) in [5, 5.41) is 12.0. The molecule has 170 valence electrons. The van der Waals surface area contributed by atoms with Gasteiger partial charge in [-0.2, -0.15) is 5.26 Å². The number of fused-ring (bicyclic) bond motifs is 1. The molecule has 0 bridgehead atoms. The summed E-state index contributed by atoms with van der Waals surface area (Å²) in [5.41, 5.74) is 2.37. The second kappa shape index (κ2) is 9.55. The van der Waals surface area contributed by atoms with E-state index in [1.54, 1.807) is 43.3 Å². The van der Waals surface area contributed by atoms with E-state index < -0.39 is 5.82 Å². The second-order valence-electron chi connectivity index (χ2n) is 7.74. The van der Waals surface area contributed by atoms with E-state index in [2.05, 4.69) is 5.32 Å². The minimum atomic E-state index is -0.391.